The Labute approximate surface area is 126 Å². The summed E-state index contributed by atoms with van der Waals surface area (Å²) in [5.74, 6) is 0.576. The Morgan fingerprint density at radius 1 is 1.05 bits per heavy atom. The Morgan fingerprint density at radius 3 is 2.35 bits per heavy atom. The van der Waals surface area contributed by atoms with Crippen molar-refractivity contribution in [3.05, 3.63) is 69.4 Å². The van der Waals surface area contributed by atoms with Crippen LogP contribution < -0.4 is 0 Å². The monoisotopic (exact) mass is 330 g/mol. The van der Waals surface area contributed by atoms with Crippen LogP contribution in [0.1, 0.15) is 28.6 Å². The van der Waals surface area contributed by atoms with E-state index in [9.17, 15) is 5.11 Å². The molecule has 1 aromatic heterocycles. The number of hydrogen-bond donors (Lipinski definition) is 1. The van der Waals surface area contributed by atoms with E-state index < -0.39 is 6.10 Å². The third kappa shape index (κ3) is 2.28. The van der Waals surface area contributed by atoms with Crippen LogP contribution in [0.25, 0.3) is 11.0 Å². The minimum Gasteiger partial charge on any atom is -0.458 e. The molecule has 0 fully saturated rings. The van der Waals surface area contributed by atoms with Crippen molar-refractivity contribution in [2.24, 2.45) is 0 Å². The third-order valence-electron chi connectivity index (χ3n) is 3.49. The van der Waals surface area contributed by atoms with E-state index in [0.29, 0.717) is 5.76 Å². The fourth-order valence-electron chi connectivity index (χ4n) is 2.44. The maximum atomic E-state index is 10.5. The van der Waals surface area contributed by atoms with E-state index in [4.69, 9.17) is 4.42 Å². The van der Waals surface area contributed by atoms with Crippen molar-refractivity contribution in [3.8, 4) is 0 Å². The molecule has 2 aromatic carbocycles. The molecule has 20 heavy (non-hydrogen) atoms. The Balaban J connectivity index is 2.05. The minimum atomic E-state index is -0.743. The molecule has 0 bridgehead atoms. The van der Waals surface area contributed by atoms with E-state index in [-0.39, 0.29) is 0 Å². The van der Waals surface area contributed by atoms with Gasteiger partial charge in [0.1, 0.15) is 17.4 Å². The van der Waals surface area contributed by atoms with E-state index in [2.05, 4.69) is 15.9 Å². The summed E-state index contributed by atoms with van der Waals surface area (Å²) in [5, 5.41) is 11.5. The maximum Gasteiger partial charge on any atom is 0.138 e. The molecule has 102 valence electrons. The summed E-state index contributed by atoms with van der Waals surface area (Å²) >= 11 is 3.54. The number of para-hydroxylation sites is 1. The van der Waals surface area contributed by atoms with Crippen LogP contribution in [0.4, 0.5) is 0 Å². The summed E-state index contributed by atoms with van der Waals surface area (Å²) in [7, 11) is 0. The van der Waals surface area contributed by atoms with Crippen LogP contribution >= 0.6 is 15.9 Å². The lowest BCUT2D eigenvalue weighted by Crippen LogP contribution is -1.99. The summed E-state index contributed by atoms with van der Waals surface area (Å²) in [6.45, 7) is 4.04. The van der Waals surface area contributed by atoms with Gasteiger partial charge in [-0.15, -0.1) is 0 Å². The molecule has 3 aromatic rings. The van der Waals surface area contributed by atoms with Crippen molar-refractivity contribution in [3.63, 3.8) is 0 Å². The molecule has 0 saturated heterocycles. The first-order valence-corrected chi connectivity index (χ1v) is 7.29. The smallest absolute Gasteiger partial charge is 0.138 e. The van der Waals surface area contributed by atoms with Gasteiger partial charge in [0.15, 0.2) is 0 Å². The fraction of sp³-hybridized carbons (Fsp3) is 0.176. The lowest BCUT2D eigenvalue weighted by atomic mass is 10.0. The topological polar surface area (TPSA) is 33.4 Å². The molecule has 3 rings (SSSR count). The molecule has 0 spiro atoms. The summed E-state index contributed by atoms with van der Waals surface area (Å²) in [4.78, 5) is 0. The molecule has 1 N–H and O–H groups in total. The highest BCUT2D eigenvalue weighted by atomic mass is 79.9. The van der Waals surface area contributed by atoms with Crippen LogP contribution in [0.5, 0.6) is 0 Å². The molecule has 0 aliphatic heterocycles. The van der Waals surface area contributed by atoms with Gasteiger partial charge in [0, 0.05) is 9.86 Å². The number of benzene rings is 2. The van der Waals surface area contributed by atoms with Crippen LogP contribution in [-0.2, 0) is 0 Å². The van der Waals surface area contributed by atoms with Crippen molar-refractivity contribution in [2.45, 2.75) is 20.0 Å². The lowest BCUT2D eigenvalue weighted by Gasteiger charge is -2.12. The molecule has 1 atom stereocenters. The number of furan rings is 1. The molecule has 0 aliphatic carbocycles. The van der Waals surface area contributed by atoms with Gasteiger partial charge >= 0.3 is 0 Å². The van der Waals surface area contributed by atoms with E-state index >= 15 is 0 Å². The first-order chi connectivity index (χ1) is 9.56. The second-order valence-electron chi connectivity index (χ2n) is 5.06. The lowest BCUT2D eigenvalue weighted by molar-refractivity contribution is 0.192. The summed E-state index contributed by atoms with van der Waals surface area (Å²) in [5.41, 5.74) is 3.86. The summed E-state index contributed by atoms with van der Waals surface area (Å²) < 4.78 is 6.81. The maximum absolute atomic E-state index is 10.5. The minimum absolute atomic E-state index is 0.576. The molecule has 2 nitrogen and oxygen atoms in total. The molecule has 0 amide bonds. The molecule has 0 saturated carbocycles. The first-order valence-electron chi connectivity index (χ1n) is 6.49. The van der Waals surface area contributed by atoms with Crippen LogP contribution in [0.15, 0.2) is 51.4 Å². The number of aliphatic hydroxyl groups is 1. The first kappa shape index (κ1) is 13.4. The molecule has 1 unspecified atom stereocenters. The van der Waals surface area contributed by atoms with Crippen LogP contribution in [0.3, 0.4) is 0 Å². The highest BCUT2D eigenvalue weighted by molar-refractivity contribution is 9.10. The third-order valence-corrected chi connectivity index (χ3v) is 4.74. The SMILES string of the molecule is Cc1cc(C(O)c2cc3ccccc3o2)cc(C)c1Br. The van der Waals surface area contributed by atoms with E-state index in [0.717, 1.165) is 32.1 Å². The Bertz CT molecular complexity index is 718. The van der Waals surface area contributed by atoms with E-state index in [1.165, 1.54) is 0 Å². The Kier molecular flexibility index (Phi) is 3.40. The number of hydrogen-bond acceptors (Lipinski definition) is 2. The van der Waals surface area contributed by atoms with Crippen molar-refractivity contribution >= 4 is 26.9 Å². The molecule has 1 heterocycles. The fourth-order valence-corrected chi connectivity index (χ4v) is 2.67. The summed E-state index contributed by atoms with van der Waals surface area (Å²) in [6, 6.07) is 13.6. The van der Waals surface area contributed by atoms with Gasteiger partial charge < -0.3 is 9.52 Å². The van der Waals surface area contributed by atoms with Crippen molar-refractivity contribution in [2.75, 3.05) is 0 Å². The number of rotatable bonds is 2. The largest absolute Gasteiger partial charge is 0.458 e. The number of aryl methyl sites for hydroxylation is 2. The second kappa shape index (κ2) is 5.08. The van der Waals surface area contributed by atoms with Gasteiger partial charge in [0.2, 0.25) is 0 Å². The molecular weight excluding hydrogens is 316 g/mol. The quantitative estimate of drug-likeness (QED) is 0.725. The molecule has 0 radical (unpaired) electrons. The van der Waals surface area contributed by atoms with Gasteiger partial charge in [-0.3, -0.25) is 0 Å². The average Bonchev–Trinajstić information content (AvgIpc) is 2.87. The predicted octanol–water partition coefficient (Wildman–Crippen LogP) is 4.89. The molecule has 0 aliphatic rings. The van der Waals surface area contributed by atoms with Crippen LogP contribution in [0, 0.1) is 13.8 Å². The van der Waals surface area contributed by atoms with Gasteiger partial charge in [-0.05, 0) is 42.7 Å². The van der Waals surface area contributed by atoms with Crippen LogP contribution in [0.2, 0.25) is 0 Å². The van der Waals surface area contributed by atoms with Gasteiger partial charge in [-0.2, -0.15) is 0 Å². The zero-order valence-corrected chi connectivity index (χ0v) is 12.9. The number of fused-ring (bicyclic) bond motifs is 1. The van der Waals surface area contributed by atoms with E-state index in [1.807, 2.05) is 56.3 Å². The Hall–Kier alpha value is -1.58. The van der Waals surface area contributed by atoms with Crippen molar-refractivity contribution < 1.29 is 9.52 Å². The zero-order valence-electron chi connectivity index (χ0n) is 11.4. The standard InChI is InChI=1S/C17H15BrO2/c1-10-7-13(8-11(2)16(10)18)17(19)15-9-12-5-3-4-6-14(12)20-15/h3-9,17,19H,1-2H3. The summed E-state index contributed by atoms with van der Waals surface area (Å²) in [6.07, 6.45) is -0.743. The van der Waals surface area contributed by atoms with Gasteiger partial charge in [0.05, 0.1) is 0 Å². The average molecular weight is 331 g/mol. The highest BCUT2D eigenvalue weighted by Crippen LogP contribution is 2.31. The Morgan fingerprint density at radius 2 is 1.70 bits per heavy atom. The van der Waals surface area contributed by atoms with Gasteiger partial charge in [-0.1, -0.05) is 46.3 Å². The predicted molar refractivity (Wildman–Crippen MR) is 83.9 cm³/mol. The van der Waals surface area contributed by atoms with Gasteiger partial charge in [-0.25, -0.2) is 0 Å². The van der Waals surface area contributed by atoms with Gasteiger partial charge in [0.25, 0.3) is 0 Å². The van der Waals surface area contributed by atoms with Crippen LogP contribution in [-0.4, -0.2) is 5.11 Å². The molecule has 3 heteroatoms. The van der Waals surface area contributed by atoms with E-state index in [1.54, 1.807) is 0 Å². The highest BCUT2D eigenvalue weighted by Gasteiger charge is 2.17. The normalized spacial score (nSPS) is 12.8. The van der Waals surface area contributed by atoms with Crippen molar-refractivity contribution in [1.29, 1.82) is 0 Å². The zero-order chi connectivity index (χ0) is 14.3. The second-order valence-corrected chi connectivity index (χ2v) is 5.85. The van der Waals surface area contributed by atoms with Crippen molar-refractivity contribution in [1.82, 2.24) is 0 Å². The molecular formula is C17H15BrO2. The number of halogens is 1. The number of aliphatic hydroxyl groups excluding tert-OH is 1.